The van der Waals surface area contributed by atoms with Gasteiger partial charge >= 0.3 is 0 Å². The van der Waals surface area contributed by atoms with Crippen LogP contribution in [0.5, 0.6) is 0 Å². The zero-order chi connectivity index (χ0) is 12.8. The first-order valence-electron chi connectivity index (χ1n) is 6.71. The molecule has 2 rings (SSSR count). The molecule has 1 N–H and O–H groups in total. The third-order valence-corrected chi connectivity index (χ3v) is 3.61. The van der Waals surface area contributed by atoms with Crippen LogP contribution in [0.25, 0.3) is 0 Å². The molecule has 1 fully saturated rings. The van der Waals surface area contributed by atoms with Gasteiger partial charge in [0, 0.05) is 18.2 Å². The van der Waals surface area contributed by atoms with Gasteiger partial charge in [-0.25, -0.2) is 4.39 Å². The summed E-state index contributed by atoms with van der Waals surface area (Å²) in [6.07, 6.45) is 7.52. The average molecular weight is 246 g/mol. The Bertz CT molecular complexity index is 429. The Morgan fingerprint density at radius 2 is 1.94 bits per heavy atom. The van der Waals surface area contributed by atoms with Gasteiger partial charge in [0.05, 0.1) is 11.6 Å². The van der Waals surface area contributed by atoms with E-state index in [1.165, 1.54) is 50.7 Å². The molecule has 0 heterocycles. The third-order valence-electron chi connectivity index (χ3n) is 3.61. The topological polar surface area (TPSA) is 35.8 Å². The summed E-state index contributed by atoms with van der Waals surface area (Å²) in [7, 11) is 0. The fraction of sp³-hybridized carbons (Fsp3) is 0.533. The fourth-order valence-corrected chi connectivity index (χ4v) is 2.52. The van der Waals surface area contributed by atoms with Crippen LogP contribution >= 0.6 is 0 Å². The molecule has 0 unspecified atom stereocenters. The van der Waals surface area contributed by atoms with Crippen LogP contribution in [-0.2, 0) is 6.54 Å². The van der Waals surface area contributed by atoms with E-state index in [0.29, 0.717) is 23.7 Å². The van der Waals surface area contributed by atoms with Gasteiger partial charge in [0.15, 0.2) is 0 Å². The molecule has 0 atom stereocenters. The van der Waals surface area contributed by atoms with Crippen LogP contribution < -0.4 is 5.32 Å². The third kappa shape index (κ3) is 3.54. The fourth-order valence-electron chi connectivity index (χ4n) is 2.52. The molecule has 1 aromatic carbocycles. The Hall–Kier alpha value is -1.40. The SMILES string of the molecule is N#Cc1ccc(F)c(CNC2CCCCCC2)c1. The second kappa shape index (κ2) is 6.51. The molecule has 96 valence electrons. The number of nitriles is 1. The maximum atomic E-state index is 13.6. The van der Waals surface area contributed by atoms with E-state index in [9.17, 15) is 4.39 Å². The minimum absolute atomic E-state index is 0.227. The summed E-state index contributed by atoms with van der Waals surface area (Å²) >= 11 is 0. The van der Waals surface area contributed by atoms with Crippen LogP contribution in [0.3, 0.4) is 0 Å². The Morgan fingerprint density at radius 3 is 2.61 bits per heavy atom. The van der Waals surface area contributed by atoms with Crippen molar-refractivity contribution in [1.82, 2.24) is 5.32 Å². The molecule has 0 bridgehead atoms. The molecule has 0 spiro atoms. The lowest BCUT2D eigenvalue weighted by atomic mass is 10.1. The molecule has 1 aliphatic rings. The largest absolute Gasteiger partial charge is 0.310 e. The summed E-state index contributed by atoms with van der Waals surface area (Å²) < 4.78 is 13.6. The summed E-state index contributed by atoms with van der Waals surface area (Å²) in [5.74, 6) is -0.227. The molecule has 1 saturated carbocycles. The Labute approximate surface area is 108 Å². The summed E-state index contributed by atoms with van der Waals surface area (Å²) in [6.45, 7) is 0.520. The lowest BCUT2D eigenvalue weighted by Crippen LogP contribution is -2.28. The summed E-state index contributed by atoms with van der Waals surface area (Å²) in [4.78, 5) is 0. The Morgan fingerprint density at radius 1 is 1.22 bits per heavy atom. The first kappa shape index (κ1) is 13.0. The quantitative estimate of drug-likeness (QED) is 0.828. The molecule has 0 radical (unpaired) electrons. The molecular weight excluding hydrogens is 227 g/mol. The van der Waals surface area contributed by atoms with E-state index >= 15 is 0 Å². The Kier molecular flexibility index (Phi) is 4.72. The highest BCUT2D eigenvalue weighted by Gasteiger charge is 2.12. The van der Waals surface area contributed by atoms with Gasteiger partial charge in [-0.2, -0.15) is 5.26 Å². The molecule has 0 aliphatic heterocycles. The van der Waals surface area contributed by atoms with Gasteiger partial charge in [-0.1, -0.05) is 25.7 Å². The minimum Gasteiger partial charge on any atom is -0.310 e. The van der Waals surface area contributed by atoms with Crippen molar-refractivity contribution in [3.63, 3.8) is 0 Å². The second-order valence-corrected chi connectivity index (χ2v) is 4.99. The number of hydrogen-bond donors (Lipinski definition) is 1. The molecule has 18 heavy (non-hydrogen) atoms. The highest BCUT2D eigenvalue weighted by atomic mass is 19.1. The normalized spacial score (nSPS) is 17.1. The zero-order valence-corrected chi connectivity index (χ0v) is 10.6. The van der Waals surface area contributed by atoms with Gasteiger partial charge in [0.1, 0.15) is 5.82 Å². The summed E-state index contributed by atoms with van der Waals surface area (Å²) in [5, 5.41) is 12.2. The van der Waals surface area contributed by atoms with Crippen molar-refractivity contribution in [3.8, 4) is 6.07 Å². The predicted molar refractivity (Wildman–Crippen MR) is 69.4 cm³/mol. The minimum atomic E-state index is -0.227. The van der Waals surface area contributed by atoms with E-state index in [-0.39, 0.29) is 5.82 Å². The van der Waals surface area contributed by atoms with Crippen LogP contribution in [-0.4, -0.2) is 6.04 Å². The van der Waals surface area contributed by atoms with Crippen LogP contribution in [0.2, 0.25) is 0 Å². The highest BCUT2D eigenvalue weighted by Crippen LogP contribution is 2.18. The van der Waals surface area contributed by atoms with Crippen LogP contribution in [0.4, 0.5) is 4.39 Å². The monoisotopic (exact) mass is 246 g/mol. The number of rotatable bonds is 3. The van der Waals surface area contributed by atoms with Gasteiger partial charge in [-0.3, -0.25) is 0 Å². The number of nitrogens with one attached hydrogen (secondary N) is 1. The maximum absolute atomic E-state index is 13.6. The van der Waals surface area contributed by atoms with Gasteiger partial charge < -0.3 is 5.32 Å². The van der Waals surface area contributed by atoms with E-state index in [0.717, 1.165) is 0 Å². The smallest absolute Gasteiger partial charge is 0.127 e. The van der Waals surface area contributed by atoms with Crippen molar-refractivity contribution in [2.75, 3.05) is 0 Å². The van der Waals surface area contributed by atoms with Crippen molar-refractivity contribution in [2.45, 2.75) is 51.1 Å². The number of hydrogen-bond acceptors (Lipinski definition) is 2. The molecule has 0 saturated heterocycles. The van der Waals surface area contributed by atoms with E-state index in [1.54, 1.807) is 6.07 Å². The predicted octanol–water partition coefficient (Wildman–Crippen LogP) is 3.51. The van der Waals surface area contributed by atoms with E-state index in [4.69, 9.17) is 5.26 Å². The number of nitrogens with zero attached hydrogens (tertiary/aromatic N) is 1. The number of halogens is 1. The van der Waals surface area contributed by atoms with E-state index in [1.807, 2.05) is 6.07 Å². The van der Waals surface area contributed by atoms with Crippen molar-refractivity contribution >= 4 is 0 Å². The van der Waals surface area contributed by atoms with Crippen molar-refractivity contribution in [3.05, 3.63) is 35.1 Å². The van der Waals surface area contributed by atoms with Crippen LogP contribution in [0.1, 0.15) is 49.7 Å². The van der Waals surface area contributed by atoms with Gasteiger partial charge in [0.2, 0.25) is 0 Å². The van der Waals surface area contributed by atoms with E-state index in [2.05, 4.69) is 5.32 Å². The lowest BCUT2D eigenvalue weighted by molar-refractivity contribution is 0.452. The standard InChI is InChI=1S/C15H19FN2/c16-15-8-7-12(10-17)9-13(15)11-18-14-5-3-1-2-4-6-14/h7-9,14,18H,1-6,11H2. The van der Waals surface area contributed by atoms with Crippen molar-refractivity contribution in [1.29, 1.82) is 5.26 Å². The second-order valence-electron chi connectivity index (χ2n) is 4.99. The first-order chi connectivity index (χ1) is 8.79. The lowest BCUT2D eigenvalue weighted by Gasteiger charge is -2.16. The highest BCUT2D eigenvalue weighted by molar-refractivity contribution is 5.33. The molecule has 2 nitrogen and oxygen atoms in total. The maximum Gasteiger partial charge on any atom is 0.127 e. The Balaban J connectivity index is 1.94. The van der Waals surface area contributed by atoms with Crippen molar-refractivity contribution in [2.24, 2.45) is 0 Å². The van der Waals surface area contributed by atoms with Gasteiger partial charge in [-0.05, 0) is 31.0 Å². The van der Waals surface area contributed by atoms with Gasteiger partial charge in [0.25, 0.3) is 0 Å². The van der Waals surface area contributed by atoms with Crippen LogP contribution in [0, 0.1) is 17.1 Å². The average Bonchev–Trinajstić information content (AvgIpc) is 2.66. The molecule has 3 heteroatoms. The molecular formula is C15H19FN2. The summed E-state index contributed by atoms with van der Waals surface area (Å²) in [6, 6.07) is 7.08. The molecule has 0 aromatic heterocycles. The van der Waals surface area contributed by atoms with Gasteiger partial charge in [-0.15, -0.1) is 0 Å². The molecule has 1 aliphatic carbocycles. The van der Waals surface area contributed by atoms with Crippen LogP contribution in [0.15, 0.2) is 18.2 Å². The summed E-state index contributed by atoms with van der Waals surface area (Å²) in [5.41, 5.74) is 1.12. The zero-order valence-electron chi connectivity index (χ0n) is 10.6. The van der Waals surface area contributed by atoms with Crippen molar-refractivity contribution < 1.29 is 4.39 Å². The number of benzene rings is 1. The molecule has 0 amide bonds. The first-order valence-corrected chi connectivity index (χ1v) is 6.71. The molecule has 1 aromatic rings. The van der Waals surface area contributed by atoms with E-state index < -0.39 is 0 Å².